The first kappa shape index (κ1) is 15.2. The van der Waals surface area contributed by atoms with Gasteiger partial charge in [0.15, 0.2) is 16.7 Å². The smallest absolute Gasteiger partial charge is 0.264 e. The second kappa shape index (κ2) is 5.94. The molecule has 0 saturated heterocycles. The Hall–Kier alpha value is -2.34. The molecule has 4 rings (SSSR count). The van der Waals surface area contributed by atoms with Crippen LogP contribution in [0.2, 0.25) is 0 Å². The van der Waals surface area contributed by atoms with Gasteiger partial charge in [-0.1, -0.05) is 42.1 Å². The monoisotopic (exact) mass is 339 g/mol. The highest BCUT2D eigenvalue weighted by atomic mass is 32.2. The predicted molar refractivity (Wildman–Crippen MR) is 95.7 cm³/mol. The number of aliphatic imine (C=N–C) groups is 1. The van der Waals surface area contributed by atoms with Gasteiger partial charge in [-0.25, -0.2) is 4.98 Å². The number of nitrogens with zero attached hydrogens (tertiary/aromatic N) is 3. The number of rotatable bonds is 2. The fraction of sp³-hybridized carbons (Fsp3) is 0.278. The van der Waals surface area contributed by atoms with Crippen molar-refractivity contribution >= 4 is 28.7 Å². The summed E-state index contributed by atoms with van der Waals surface area (Å²) < 4.78 is 5.05. The van der Waals surface area contributed by atoms with Crippen LogP contribution in [0.15, 0.2) is 53.7 Å². The Labute approximate surface area is 144 Å². The molecule has 122 valence electrons. The number of amidine groups is 1. The summed E-state index contributed by atoms with van der Waals surface area (Å²) in [5.41, 5.74) is 1.14. The number of amides is 1. The molecule has 2 aliphatic rings. The Balaban J connectivity index is 1.59. The lowest BCUT2D eigenvalue weighted by molar-refractivity contribution is -0.119. The zero-order chi connectivity index (χ0) is 16.6. The van der Waals surface area contributed by atoms with E-state index in [0.717, 1.165) is 17.1 Å². The molecule has 0 bridgehead atoms. The molecule has 1 atom stereocenters. The minimum absolute atomic E-state index is 0.0877. The number of hydrogen-bond donors (Lipinski definition) is 0. The highest BCUT2D eigenvalue weighted by Gasteiger charge is 2.43. The van der Waals surface area contributed by atoms with Crippen LogP contribution in [0.25, 0.3) is 0 Å². The highest BCUT2D eigenvalue weighted by Crippen LogP contribution is 2.41. The average molecular weight is 339 g/mol. The van der Waals surface area contributed by atoms with Crippen molar-refractivity contribution in [3.8, 4) is 5.75 Å². The van der Waals surface area contributed by atoms with Crippen LogP contribution in [0.1, 0.15) is 12.5 Å². The summed E-state index contributed by atoms with van der Waals surface area (Å²) in [5, 5.41) is 0.710. The Morgan fingerprint density at radius 3 is 2.92 bits per heavy atom. The maximum absolute atomic E-state index is 12.6. The third-order valence-corrected chi connectivity index (χ3v) is 5.42. The number of anilines is 1. The van der Waals surface area contributed by atoms with E-state index in [1.165, 1.54) is 11.8 Å². The van der Waals surface area contributed by atoms with E-state index in [1.54, 1.807) is 6.20 Å². The molecule has 3 heterocycles. The number of carbonyl (C=O) groups excluding carboxylic acids is 1. The summed E-state index contributed by atoms with van der Waals surface area (Å²) in [6.45, 7) is 3.16. The Morgan fingerprint density at radius 1 is 1.25 bits per heavy atom. The van der Waals surface area contributed by atoms with E-state index in [1.807, 2.05) is 54.3 Å². The van der Waals surface area contributed by atoms with Gasteiger partial charge >= 0.3 is 0 Å². The number of thioether (sulfide) groups is 1. The third-order valence-electron chi connectivity index (χ3n) is 4.16. The van der Waals surface area contributed by atoms with Crippen molar-refractivity contribution in [1.82, 2.24) is 4.98 Å². The van der Waals surface area contributed by atoms with Crippen molar-refractivity contribution in [2.24, 2.45) is 4.99 Å². The molecule has 1 aromatic carbocycles. The van der Waals surface area contributed by atoms with Gasteiger partial charge in [-0.15, -0.1) is 0 Å². The van der Waals surface area contributed by atoms with Gasteiger partial charge < -0.3 is 4.74 Å². The molecular formula is C18H17N3O2S. The Kier molecular flexibility index (Phi) is 3.76. The molecule has 2 aromatic rings. The van der Waals surface area contributed by atoms with Crippen molar-refractivity contribution in [1.29, 1.82) is 0 Å². The van der Waals surface area contributed by atoms with E-state index in [2.05, 4.69) is 9.98 Å². The lowest BCUT2D eigenvalue weighted by Gasteiger charge is -2.30. The van der Waals surface area contributed by atoms with Gasteiger partial charge in [-0.2, -0.15) is 4.99 Å². The Bertz CT molecular complexity index is 809. The van der Waals surface area contributed by atoms with Gasteiger partial charge in [0.25, 0.3) is 5.91 Å². The summed E-state index contributed by atoms with van der Waals surface area (Å²) in [5.74, 6) is 1.37. The maximum atomic E-state index is 12.6. The number of pyridine rings is 1. The molecule has 0 aliphatic carbocycles. The van der Waals surface area contributed by atoms with Crippen LogP contribution in [0.4, 0.5) is 5.82 Å². The zero-order valence-corrected chi connectivity index (χ0v) is 14.1. The minimum atomic E-state index is -0.579. The largest absolute Gasteiger partial charge is 0.488 e. The highest BCUT2D eigenvalue weighted by molar-refractivity contribution is 8.16. The summed E-state index contributed by atoms with van der Waals surface area (Å²) in [6, 6.07) is 13.8. The molecule has 24 heavy (non-hydrogen) atoms. The van der Waals surface area contributed by atoms with Crippen LogP contribution < -0.4 is 9.64 Å². The molecule has 0 N–H and O–H groups in total. The topological polar surface area (TPSA) is 54.8 Å². The quantitative estimate of drug-likeness (QED) is 0.842. The number of ether oxygens (including phenoxy) is 1. The molecular weight excluding hydrogens is 322 g/mol. The van der Waals surface area contributed by atoms with E-state index in [-0.39, 0.29) is 5.91 Å². The van der Waals surface area contributed by atoms with E-state index in [4.69, 9.17) is 4.74 Å². The van der Waals surface area contributed by atoms with Crippen molar-refractivity contribution in [3.63, 3.8) is 0 Å². The third kappa shape index (κ3) is 2.67. The first-order valence-corrected chi connectivity index (χ1v) is 8.69. The van der Waals surface area contributed by atoms with Crippen LogP contribution in [-0.2, 0) is 11.2 Å². The summed E-state index contributed by atoms with van der Waals surface area (Å²) in [4.78, 5) is 23.3. The fourth-order valence-corrected chi connectivity index (χ4v) is 4.11. The van der Waals surface area contributed by atoms with Gasteiger partial charge in [-0.3, -0.25) is 9.69 Å². The van der Waals surface area contributed by atoms with Crippen molar-refractivity contribution in [3.05, 3.63) is 54.2 Å². The van der Waals surface area contributed by atoms with E-state index in [0.29, 0.717) is 24.7 Å². The molecule has 2 aliphatic heterocycles. The minimum Gasteiger partial charge on any atom is -0.488 e. The van der Waals surface area contributed by atoms with Gasteiger partial charge in [-0.05, 0) is 31.0 Å². The lowest BCUT2D eigenvalue weighted by Crippen LogP contribution is -2.37. The van der Waals surface area contributed by atoms with Gasteiger partial charge in [0, 0.05) is 6.20 Å². The summed E-state index contributed by atoms with van der Waals surface area (Å²) in [6.07, 6.45) is 2.38. The van der Waals surface area contributed by atoms with Crippen molar-refractivity contribution in [2.75, 3.05) is 18.1 Å². The Morgan fingerprint density at radius 2 is 2.08 bits per heavy atom. The fourth-order valence-electron chi connectivity index (χ4n) is 2.92. The molecule has 5 nitrogen and oxygen atoms in total. The molecule has 0 radical (unpaired) electrons. The lowest BCUT2D eigenvalue weighted by atomic mass is 10.00. The second-order valence-corrected chi connectivity index (χ2v) is 7.49. The first-order valence-electron chi connectivity index (χ1n) is 7.87. The van der Waals surface area contributed by atoms with Crippen LogP contribution in [0.5, 0.6) is 5.75 Å². The number of carbonyl (C=O) groups is 1. The van der Waals surface area contributed by atoms with Crippen LogP contribution in [0, 0.1) is 0 Å². The van der Waals surface area contributed by atoms with Crippen LogP contribution in [0.3, 0.4) is 0 Å². The number of benzene rings is 1. The van der Waals surface area contributed by atoms with Crippen LogP contribution >= 0.6 is 11.8 Å². The molecule has 0 fully saturated rings. The standard InChI is InChI=1S/C18H17N3O2S/c1-18(12-13-6-3-2-4-7-13)16(22)20-17(24-18)21-10-11-23-14-8-5-9-19-15(14)21/h2-9H,10-12H2,1H3. The molecule has 1 amide bonds. The maximum Gasteiger partial charge on any atom is 0.264 e. The number of fused-ring (bicyclic) bond motifs is 1. The summed E-state index contributed by atoms with van der Waals surface area (Å²) >= 11 is 1.52. The second-order valence-electron chi connectivity index (χ2n) is 6.02. The van der Waals surface area contributed by atoms with E-state index < -0.39 is 4.75 Å². The molecule has 0 saturated carbocycles. The normalized spacial score (nSPS) is 22.8. The number of hydrogen-bond acceptors (Lipinski definition) is 5. The predicted octanol–water partition coefficient (Wildman–Crippen LogP) is 2.91. The SMILES string of the molecule is CC1(Cc2ccccc2)SC(N2CCOc3cccnc32)=NC1=O. The number of aromatic nitrogens is 1. The zero-order valence-electron chi connectivity index (χ0n) is 13.3. The van der Waals surface area contributed by atoms with Crippen molar-refractivity contribution < 1.29 is 9.53 Å². The van der Waals surface area contributed by atoms with Gasteiger partial charge in [0.2, 0.25) is 0 Å². The van der Waals surface area contributed by atoms with E-state index in [9.17, 15) is 4.79 Å². The summed E-state index contributed by atoms with van der Waals surface area (Å²) in [7, 11) is 0. The molecule has 1 unspecified atom stereocenters. The molecule has 6 heteroatoms. The average Bonchev–Trinajstić information content (AvgIpc) is 2.90. The van der Waals surface area contributed by atoms with Crippen molar-refractivity contribution in [2.45, 2.75) is 18.1 Å². The van der Waals surface area contributed by atoms with E-state index >= 15 is 0 Å². The van der Waals surface area contributed by atoms with Gasteiger partial charge in [0.1, 0.15) is 11.4 Å². The van der Waals surface area contributed by atoms with Crippen LogP contribution in [-0.4, -0.2) is 34.0 Å². The molecule has 0 spiro atoms. The molecule has 1 aromatic heterocycles. The van der Waals surface area contributed by atoms with Gasteiger partial charge in [0.05, 0.1) is 6.54 Å². The first-order chi connectivity index (χ1) is 11.7.